The minimum Gasteiger partial charge on any atom is -0.344 e. The Morgan fingerprint density at radius 2 is 1.72 bits per heavy atom. The van der Waals surface area contributed by atoms with Crippen LogP contribution in [0.3, 0.4) is 0 Å². The smallest absolute Gasteiger partial charge is 0.279 e. The Balaban J connectivity index is 1.95. The van der Waals surface area contributed by atoms with E-state index in [9.17, 15) is 9.59 Å². The number of aryl methyl sites for hydroxylation is 1. The summed E-state index contributed by atoms with van der Waals surface area (Å²) in [5.41, 5.74) is 4.14. The Morgan fingerprint density at radius 3 is 2.38 bits per heavy atom. The van der Waals surface area contributed by atoms with Gasteiger partial charge in [-0.1, -0.05) is 55.8 Å². The summed E-state index contributed by atoms with van der Waals surface area (Å²) in [6.45, 7) is 8.22. The molecule has 0 aliphatic heterocycles. The standard InChI is InChI=1S/C24H33N3O2/c1-6-11-22(20-13-8-7-9-14-20)26-24(29)19(4)27(5)16-23(28)25-21-15-10-12-17(2)18(21)3/h7-10,12-15,19,22H,6,11,16H2,1-5H3,(H,25,28)(H,26,29)/p+1/t19-,22-/m0/s1. The SMILES string of the molecule is CCC[C@H](NC(=O)[C@H](C)[NH+](C)CC(=O)Nc1cccc(C)c1C)c1ccccc1. The van der Waals surface area contributed by atoms with E-state index in [1.807, 2.05) is 76.3 Å². The molecule has 1 unspecified atom stereocenters. The molecule has 2 aromatic rings. The molecule has 2 rings (SSSR count). The van der Waals surface area contributed by atoms with Crippen molar-refractivity contribution in [1.82, 2.24) is 5.32 Å². The van der Waals surface area contributed by atoms with E-state index in [0.717, 1.165) is 40.1 Å². The minimum absolute atomic E-state index is 0.00674. The Labute approximate surface area is 174 Å². The van der Waals surface area contributed by atoms with Crippen LogP contribution in [-0.4, -0.2) is 31.4 Å². The van der Waals surface area contributed by atoms with Crippen LogP contribution >= 0.6 is 0 Å². The summed E-state index contributed by atoms with van der Waals surface area (Å²) in [7, 11) is 1.88. The maximum Gasteiger partial charge on any atom is 0.279 e. The zero-order chi connectivity index (χ0) is 21.4. The van der Waals surface area contributed by atoms with E-state index in [2.05, 4.69) is 17.6 Å². The molecule has 0 radical (unpaired) electrons. The van der Waals surface area contributed by atoms with Gasteiger partial charge in [0.1, 0.15) is 0 Å². The molecular formula is C24H34N3O2+. The molecule has 156 valence electrons. The zero-order valence-corrected chi connectivity index (χ0v) is 18.2. The maximum atomic E-state index is 12.8. The van der Waals surface area contributed by atoms with Gasteiger partial charge in [-0.25, -0.2) is 0 Å². The number of amides is 2. The Morgan fingerprint density at radius 1 is 1.03 bits per heavy atom. The second-order valence-electron chi connectivity index (χ2n) is 7.80. The van der Waals surface area contributed by atoms with Crippen molar-refractivity contribution in [2.45, 2.75) is 52.6 Å². The van der Waals surface area contributed by atoms with Crippen LogP contribution in [0, 0.1) is 13.8 Å². The highest BCUT2D eigenvalue weighted by atomic mass is 16.2. The number of anilines is 1. The first-order valence-electron chi connectivity index (χ1n) is 10.4. The topological polar surface area (TPSA) is 62.6 Å². The molecule has 0 aliphatic carbocycles. The second kappa shape index (κ2) is 10.8. The first-order chi connectivity index (χ1) is 13.8. The first-order valence-corrected chi connectivity index (χ1v) is 10.4. The van der Waals surface area contributed by atoms with Gasteiger partial charge >= 0.3 is 0 Å². The Kier molecular flexibility index (Phi) is 8.40. The van der Waals surface area contributed by atoms with Gasteiger partial charge in [0.2, 0.25) is 0 Å². The van der Waals surface area contributed by atoms with Crippen LogP contribution in [0.25, 0.3) is 0 Å². The van der Waals surface area contributed by atoms with Crippen molar-refractivity contribution in [2.24, 2.45) is 0 Å². The molecule has 5 heteroatoms. The van der Waals surface area contributed by atoms with Crippen molar-refractivity contribution in [2.75, 3.05) is 18.9 Å². The molecule has 0 bridgehead atoms. The summed E-state index contributed by atoms with van der Waals surface area (Å²) in [6.07, 6.45) is 1.86. The Bertz CT molecular complexity index is 820. The van der Waals surface area contributed by atoms with Crippen molar-refractivity contribution in [3.8, 4) is 0 Å². The van der Waals surface area contributed by atoms with Crippen molar-refractivity contribution in [1.29, 1.82) is 0 Å². The highest BCUT2D eigenvalue weighted by Crippen LogP contribution is 2.18. The lowest BCUT2D eigenvalue weighted by Crippen LogP contribution is -3.15. The largest absolute Gasteiger partial charge is 0.344 e. The van der Waals surface area contributed by atoms with Crippen LogP contribution in [0.15, 0.2) is 48.5 Å². The lowest BCUT2D eigenvalue weighted by molar-refractivity contribution is -0.885. The number of nitrogens with one attached hydrogen (secondary N) is 3. The lowest BCUT2D eigenvalue weighted by Gasteiger charge is -2.24. The van der Waals surface area contributed by atoms with Gasteiger partial charge in [0.05, 0.1) is 13.1 Å². The van der Waals surface area contributed by atoms with Gasteiger partial charge in [0.15, 0.2) is 12.6 Å². The van der Waals surface area contributed by atoms with E-state index >= 15 is 0 Å². The highest BCUT2D eigenvalue weighted by molar-refractivity contribution is 5.92. The molecule has 5 nitrogen and oxygen atoms in total. The fraction of sp³-hybridized carbons (Fsp3) is 0.417. The summed E-state index contributed by atoms with van der Waals surface area (Å²) in [5.74, 6) is -0.131. The third-order valence-electron chi connectivity index (χ3n) is 5.55. The second-order valence-corrected chi connectivity index (χ2v) is 7.80. The van der Waals surface area contributed by atoms with E-state index in [-0.39, 0.29) is 30.4 Å². The van der Waals surface area contributed by atoms with E-state index < -0.39 is 0 Å². The number of quaternary nitrogens is 1. The molecule has 2 aromatic carbocycles. The average molecular weight is 397 g/mol. The summed E-state index contributed by atoms with van der Waals surface area (Å²) in [6, 6.07) is 15.6. The van der Waals surface area contributed by atoms with Gasteiger partial charge in [-0.2, -0.15) is 0 Å². The molecule has 0 aromatic heterocycles. The fourth-order valence-electron chi connectivity index (χ4n) is 3.30. The first kappa shape index (κ1) is 22.6. The molecule has 3 atom stereocenters. The highest BCUT2D eigenvalue weighted by Gasteiger charge is 2.26. The van der Waals surface area contributed by atoms with E-state index in [1.54, 1.807) is 0 Å². The van der Waals surface area contributed by atoms with Gasteiger partial charge in [-0.3, -0.25) is 9.59 Å². The number of hydrogen-bond donors (Lipinski definition) is 3. The van der Waals surface area contributed by atoms with Gasteiger partial charge in [-0.15, -0.1) is 0 Å². The molecule has 2 amide bonds. The Hall–Kier alpha value is -2.66. The maximum absolute atomic E-state index is 12.8. The third-order valence-corrected chi connectivity index (χ3v) is 5.55. The molecular weight excluding hydrogens is 362 g/mol. The predicted molar refractivity (Wildman–Crippen MR) is 118 cm³/mol. The quantitative estimate of drug-likeness (QED) is 0.610. The minimum atomic E-state index is -0.331. The number of benzene rings is 2. The molecule has 29 heavy (non-hydrogen) atoms. The van der Waals surface area contributed by atoms with Crippen molar-refractivity contribution in [3.63, 3.8) is 0 Å². The molecule has 0 saturated carbocycles. The van der Waals surface area contributed by atoms with E-state index in [4.69, 9.17) is 0 Å². The molecule has 0 aliphatic rings. The molecule has 0 heterocycles. The predicted octanol–water partition coefficient (Wildman–Crippen LogP) is 2.80. The molecule has 3 N–H and O–H groups in total. The lowest BCUT2D eigenvalue weighted by atomic mass is 10.0. The van der Waals surface area contributed by atoms with Crippen LogP contribution in [0.4, 0.5) is 5.69 Å². The number of likely N-dealkylation sites (N-methyl/N-ethyl adjacent to an activating group) is 1. The van der Waals surface area contributed by atoms with E-state index in [1.165, 1.54) is 0 Å². The molecule has 0 fully saturated rings. The van der Waals surface area contributed by atoms with Gasteiger partial charge in [-0.05, 0) is 49.9 Å². The number of carbonyl (C=O) groups excluding carboxylic acids is 2. The van der Waals surface area contributed by atoms with Crippen LogP contribution in [0.1, 0.15) is 49.4 Å². The summed E-state index contributed by atoms with van der Waals surface area (Å²) in [4.78, 5) is 26.2. The van der Waals surface area contributed by atoms with Gasteiger partial charge in [0.25, 0.3) is 11.8 Å². The van der Waals surface area contributed by atoms with Gasteiger partial charge in [0, 0.05) is 5.69 Å². The van der Waals surface area contributed by atoms with Crippen molar-refractivity contribution < 1.29 is 14.5 Å². The van der Waals surface area contributed by atoms with Crippen LogP contribution in [0.5, 0.6) is 0 Å². The third kappa shape index (κ3) is 6.43. The average Bonchev–Trinajstić information content (AvgIpc) is 2.71. The molecule has 0 saturated heterocycles. The van der Waals surface area contributed by atoms with Crippen LogP contribution < -0.4 is 15.5 Å². The normalized spacial score (nSPS) is 14.0. The molecule has 0 spiro atoms. The number of hydrogen-bond acceptors (Lipinski definition) is 2. The van der Waals surface area contributed by atoms with E-state index in [0.29, 0.717) is 0 Å². The van der Waals surface area contributed by atoms with Crippen LogP contribution in [-0.2, 0) is 9.59 Å². The van der Waals surface area contributed by atoms with Crippen LogP contribution in [0.2, 0.25) is 0 Å². The number of rotatable bonds is 9. The van der Waals surface area contributed by atoms with Gasteiger partial charge < -0.3 is 15.5 Å². The summed E-state index contributed by atoms with van der Waals surface area (Å²) in [5, 5.41) is 6.13. The fourth-order valence-corrected chi connectivity index (χ4v) is 3.30. The van der Waals surface area contributed by atoms with Crippen molar-refractivity contribution >= 4 is 17.5 Å². The monoisotopic (exact) mass is 396 g/mol. The number of carbonyl (C=O) groups is 2. The summed E-state index contributed by atoms with van der Waals surface area (Å²) < 4.78 is 0. The van der Waals surface area contributed by atoms with Crippen molar-refractivity contribution in [3.05, 3.63) is 65.2 Å². The zero-order valence-electron chi connectivity index (χ0n) is 18.2. The summed E-state index contributed by atoms with van der Waals surface area (Å²) >= 11 is 0.